The quantitative estimate of drug-likeness (QED) is 0.538. The largest absolute Gasteiger partial charge is 0.376 e. The van der Waals surface area contributed by atoms with Crippen molar-refractivity contribution in [1.82, 2.24) is 19.9 Å². The van der Waals surface area contributed by atoms with Crippen LogP contribution in [0.3, 0.4) is 0 Å². The summed E-state index contributed by atoms with van der Waals surface area (Å²) in [6, 6.07) is 9.97. The Morgan fingerprint density at radius 1 is 1.07 bits per heavy atom. The highest BCUT2D eigenvalue weighted by atomic mass is 35.5. The number of halogens is 1. The minimum Gasteiger partial charge on any atom is -0.376 e. The minimum absolute atomic E-state index is 0.566. The summed E-state index contributed by atoms with van der Waals surface area (Å²) < 4.78 is 0. The number of nitrogens with zero attached hydrogens (tertiary/aromatic N) is 4. The highest BCUT2D eigenvalue weighted by Crippen LogP contribution is 2.26. The third kappa shape index (κ3) is 3.71. The number of hydrogen-bond acceptors (Lipinski definition) is 5. The van der Waals surface area contributed by atoms with Crippen molar-refractivity contribution in [3.05, 3.63) is 71.3 Å². The summed E-state index contributed by atoms with van der Waals surface area (Å²) in [6.45, 7) is 0. The van der Waals surface area contributed by atoms with Crippen molar-refractivity contribution in [2.45, 2.75) is 6.42 Å². The van der Waals surface area contributed by atoms with Crippen LogP contribution in [-0.4, -0.2) is 34.0 Å². The molecule has 3 heterocycles. The molecule has 4 aromatic rings. The van der Waals surface area contributed by atoms with Crippen molar-refractivity contribution in [2.24, 2.45) is 0 Å². The van der Waals surface area contributed by atoms with Gasteiger partial charge in [-0.25, -0.2) is 15.0 Å². The van der Waals surface area contributed by atoms with Gasteiger partial charge in [-0.05, 0) is 29.3 Å². The third-order valence-corrected chi connectivity index (χ3v) is 4.52. The molecule has 0 unspecified atom stereocenters. The summed E-state index contributed by atoms with van der Waals surface area (Å²) in [5.41, 5.74) is 5.00. The number of H-pyrrole nitrogens is 1. The lowest BCUT2D eigenvalue weighted by Gasteiger charge is -2.17. The van der Waals surface area contributed by atoms with E-state index < -0.39 is 0 Å². The molecule has 7 heteroatoms. The lowest BCUT2D eigenvalue weighted by atomic mass is 10.1. The smallest absolute Gasteiger partial charge is 0.227 e. The molecule has 0 spiro atoms. The molecule has 0 radical (unpaired) electrons. The summed E-state index contributed by atoms with van der Waals surface area (Å²) in [5, 5.41) is 4.92. The molecule has 0 fully saturated rings. The number of nitrogens with one attached hydrogen (secondary N) is 2. The van der Waals surface area contributed by atoms with Gasteiger partial charge in [0, 0.05) is 50.7 Å². The first kappa shape index (κ1) is 17.3. The van der Waals surface area contributed by atoms with Crippen LogP contribution in [0.15, 0.2) is 55.1 Å². The van der Waals surface area contributed by atoms with Gasteiger partial charge in [-0.2, -0.15) is 0 Å². The van der Waals surface area contributed by atoms with Crippen LogP contribution in [0.5, 0.6) is 0 Å². The summed E-state index contributed by atoms with van der Waals surface area (Å²) in [6.07, 6.45) is 7.97. The summed E-state index contributed by atoms with van der Waals surface area (Å²) >= 11 is 6.07. The van der Waals surface area contributed by atoms with Crippen LogP contribution in [0, 0.1) is 0 Å². The zero-order chi connectivity index (χ0) is 18.8. The second-order valence-electron chi connectivity index (χ2n) is 6.49. The molecule has 3 aromatic heterocycles. The van der Waals surface area contributed by atoms with Crippen molar-refractivity contribution in [2.75, 3.05) is 24.3 Å². The molecule has 27 heavy (non-hydrogen) atoms. The van der Waals surface area contributed by atoms with E-state index >= 15 is 0 Å². The number of fused-ring (bicyclic) bond motifs is 1. The van der Waals surface area contributed by atoms with E-state index in [1.807, 2.05) is 67.9 Å². The Kier molecular flexibility index (Phi) is 4.64. The van der Waals surface area contributed by atoms with Gasteiger partial charge in [-0.1, -0.05) is 23.7 Å². The topological polar surface area (TPSA) is 69.7 Å². The Hall–Kier alpha value is -3.12. The van der Waals surface area contributed by atoms with Crippen molar-refractivity contribution in [3.63, 3.8) is 0 Å². The molecule has 4 rings (SSSR count). The number of rotatable bonds is 5. The van der Waals surface area contributed by atoms with Gasteiger partial charge in [-0.3, -0.25) is 0 Å². The van der Waals surface area contributed by atoms with Gasteiger partial charge in [0.05, 0.1) is 16.4 Å². The van der Waals surface area contributed by atoms with E-state index in [1.165, 1.54) is 0 Å². The highest BCUT2D eigenvalue weighted by molar-refractivity contribution is 6.31. The maximum absolute atomic E-state index is 6.07. The molecule has 0 aliphatic carbocycles. The average Bonchev–Trinajstić information content (AvgIpc) is 3.05. The molecule has 2 N–H and O–H groups in total. The highest BCUT2D eigenvalue weighted by Gasteiger charge is 2.09. The second kappa shape index (κ2) is 7.25. The van der Waals surface area contributed by atoms with Crippen LogP contribution in [0.1, 0.15) is 11.1 Å². The first-order valence-electron chi connectivity index (χ1n) is 8.56. The normalized spacial score (nSPS) is 10.9. The predicted molar refractivity (Wildman–Crippen MR) is 110 cm³/mol. The monoisotopic (exact) mass is 378 g/mol. The summed E-state index contributed by atoms with van der Waals surface area (Å²) in [5.74, 6) is 0.566. The van der Waals surface area contributed by atoms with Gasteiger partial charge in [0.15, 0.2) is 0 Å². The van der Waals surface area contributed by atoms with E-state index in [9.17, 15) is 0 Å². The Balaban J connectivity index is 1.53. The molecule has 1 aromatic carbocycles. The number of benzene rings is 1. The molecule has 0 aliphatic heterocycles. The Labute approximate surface area is 162 Å². The number of aromatic amines is 1. The van der Waals surface area contributed by atoms with Crippen molar-refractivity contribution >= 4 is 40.0 Å². The van der Waals surface area contributed by atoms with Gasteiger partial charge in [-0.15, -0.1) is 0 Å². The van der Waals surface area contributed by atoms with Crippen molar-refractivity contribution in [1.29, 1.82) is 0 Å². The fraction of sp³-hybridized carbons (Fsp3) is 0.150. The molecule has 0 atom stereocenters. The molecular weight excluding hydrogens is 360 g/mol. The Morgan fingerprint density at radius 2 is 1.85 bits per heavy atom. The van der Waals surface area contributed by atoms with Crippen molar-refractivity contribution < 1.29 is 0 Å². The van der Waals surface area contributed by atoms with Gasteiger partial charge in [0.25, 0.3) is 0 Å². The SMILES string of the molecule is CN(C)c1ccccc1Nc1ncc(Cc2c[nH]c3ncc(Cl)cc23)cn1. The van der Waals surface area contributed by atoms with Crippen molar-refractivity contribution in [3.8, 4) is 0 Å². The standard InChI is InChI=1S/C20H19ClN6/c1-27(2)18-6-4-3-5-17(18)26-20-24-9-13(10-25-20)7-14-11-22-19-16(14)8-15(21)12-23-19/h3-6,8-12H,7H2,1-2H3,(H,22,23)(H,24,25,26). The summed E-state index contributed by atoms with van der Waals surface area (Å²) in [4.78, 5) is 18.4. The molecule has 0 saturated carbocycles. The first-order chi connectivity index (χ1) is 13.1. The summed E-state index contributed by atoms with van der Waals surface area (Å²) in [7, 11) is 4.01. The number of aromatic nitrogens is 4. The lowest BCUT2D eigenvalue weighted by molar-refractivity contribution is 1.07. The predicted octanol–water partition coefficient (Wildman–Crippen LogP) is 4.41. The van der Waals surface area contributed by atoms with Crippen LogP contribution in [0.2, 0.25) is 5.02 Å². The van der Waals surface area contributed by atoms with Crippen LogP contribution < -0.4 is 10.2 Å². The van der Waals surface area contributed by atoms with Crippen LogP contribution >= 0.6 is 11.6 Å². The molecular formula is C20H19ClN6. The number of para-hydroxylation sites is 2. The number of anilines is 3. The van der Waals surface area contributed by atoms with Crippen LogP contribution in [0.4, 0.5) is 17.3 Å². The molecule has 0 bridgehead atoms. The molecule has 0 aliphatic rings. The maximum Gasteiger partial charge on any atom is 0.227 e. The van der Waals surface area contributed by atoms with Gasteiger partial charge in [0.1, 0.15) is 5.65 Å². The van der Waals surface area contributed by atoms with Crippen LogP contribution in [0.25, 0.3) is 11.0 Å². The van der Waals surface area contributed by atoms with Gasteiger partial charge >= 0.3 is 0 Å². The minimum atomic E-state index is 0.566. The van der Waals surface area contributed by atoms with E-state index in [2.05, 4.69) is 25.3 Å². The van der Waals surface area contributed by atoms with E-state index in [1.54, 1.807) is 6.20 Å². The molecule has 0 amide bonds. The van der Waals surface area contributed by atoms with Crippen LogP contribution in [-0.2, 0) is 6.42 Å². The zero-order valence-corrected chi connectivity index (χ0v) is 15.8. The average molecular weight is 379 g/mol. The number of hydrogen-bond donors (Lipinski definition) is 2. The van der Waals surface area contributed by atoms with E-state index in [0.717, 1.165) is 33.5 Å². The third-order valence-electron chi connectivity index (χ3n) is 4.32. The Morgan fingerprint density at radius 3 is 2.63 bits per heavy atom. The van der Waals surface area contributed by atoms with E-state index in [-0.39, 0.29) is 0 Å². The fourth-order valence-corrected chi connectivity index (χ4v) is 3.16. The molecule has 6 nitrogen and oxygen atoms in total. The maximum atomic E-state index is 6.07. The Bertz CT molecular complexity index is 1070. The molecule has 136 valence electrons. The van der Waals surface area contributed by atoms with Gasteiger partial charge < -0.3 is 15.2 Å². The zero-order valence-electron chi connectivity index (χ0n) is 15.1. The first-order valence-corrected chi connectivity index (χ1v) is 8.94. The van der Waals surface area contributed by atoms with E-state index in [4.69, 9.17) is 11.6 Å². The second-order valence-corrected chi connectivity index (χ2v) is 6.93. The molecule has 0 saturated heterocycles. The lowest BCUT2D eigenvalue weighted by Crippen LogP contribution is -2.11. The number of pyridine rings is 1. The fourth-order valence-electron chi connectivity index (χ4n) is 3.00. The van der Waals surface area contributed by atoms with E-state index in [0.29, 0.717) is 17.4 Å². The van der Waals surface area contributed by atoms with Gasteiger partial charge in [0.2, 0.25) is 5.95 Å².